The lowest BCUT2D eigenvalue weighted by Crippen LogP contribution is -2.26. The number of fused-ring (bicyclic) bond motifs is 1. The molecule has 0 saturated heterocycles. The first-order valence-corrected chi connectivity index (χ1v) is 7.32. The number of allylic oxidation sites excluding steroid dienone is 4. The molecule has 6 N–H and O–H groups in total. The predicted octanol–water partition coefficient (Wildman–Crippen LogP) is 3.10. The molecular weight excluding hydrogens is 288 g/mol. The maximum absolute atomic E-state index is 6.11. The molecular formula is C17H22N6. The van der Waals surface area contributed by atoms with Crippen molar-refractivity contribution in [3.63, 3.8) is 0 Å². The van der Waals surface area contributed by atoms with E-state index in [1.54, 1.807) is 6.21 Å². The second-order valence-electron chi connectivity index (χ2n) is 5.24. The molecule has 1 aromatic heterocycles. The van der Waals surface area contributed by atoms with Crippen LogP contribution in [-0.4, -0.2) is 17.2 Å². The molecule has 2 rings (SSSR count). The quantitative estimate of drug-likeness (QED) is 0.302. The molecule has 0 aliphatic rings. The SMILES string of the molecule is C\C=C/C=C(C)/C=N/N/C(N)=N/c1[nH]c2ccc(C)cc2c1N. The van der Waals surface area contributed by atoms with Crippen LogP contribution in [0.2, 0.25) is 0 Å². The Bertz CT molecular complexity index is 808. The van der Waals surface area contributed by atoms with E-state index in [0.717, 1.165) is 22.0 Å². The second kappa shape index (κ2) is 7.31. The zero-order valence-electron chi connectivity index (χ0n) is 13.6. The van der Waals surface area contributed by atoms with Crippen molar-refractivity contribution in [2.45, 2.75) is 20.8 Å². The number of aliphatic imine (C=N–C) groups is 1. The van der Waals surface area contributed by atoms with Gasteiger partial charge in [0.1, 0.15) is 0 Å². The van der Waals surface area contributed by atoms with Crippen LogP contribution in [0.4, 0.5) is 11.5 Å². The van der Waals surface area contributed by atoms with E-state index in [4.69, 9.17) is 11.5 Å². The highest BCUT2D eigenvalue weighted by Gasteiger charge is 2.08. The van der Waals surface area contributed by atoms with E-state index >= 15 is 0 Å². The molecule has 6 nitrogen and oxygen atoms in total. The maximum atomic E-state index is 6.11. The van der Waals surface area contributed by atoms with Crippen molar-refractivity contribution in [1.82, 2.24) is 10.4 Å². The average Bonchev–Trinajstić information content (AvgIpc) is 2.81. The zero-order chi connectivity index (χ0) is 16.8. The number of benzene rings is 1. The number of nitrogens with one attached hydrogen (secondary N) is 2. The first-order valence-electron chi connectivity index (χ1n) is 7.32. The average molecular weight is 310 g/mol. The summed E-state index contributed by atoms with van der Waals surface area (Å²) in [6, 6.07) is 5.99. The molecule has 0 atom stereocenters. The number of aromatic nitrogens is 1. The minimum atomic E-state index is 0.162. The first-order chi connectivity index (χ1) is 11.0. The molecule has 0 saturated carbocycles. The number of nitrogens with zero attached hydrogens (tertiary/aromatic N) is 2. The van der Waals surface area contributed by atoms with Gasteiger partial charge in [0.05, 0.1) is 11.9 Å². The van der Waals surface area contributed by atoms with Gasteiger partial charge in [-0.25, -0.2) is 5.43 Å². The van der Waals surface area contributed by atoms with Crippen LogP contribution < -0.4 is 16.9 Å². The number of nitrogens with two attached hydrogens (primary N) is 2. The Hall–Kier alpha value is -3.02. The van der Waals surface area contributed by atoms with Gasteiger partial charge in [-0.1, -0.05) is 29.9 Å². The molecule has 0 radical (unpaired) electrons. The molecule has 23 heavy (non-hydrogen) atoms. The second-order valence-corrected chi connectivity index (χ2v) is 5.24. The van der Waals surface area contributed by atoms with Crippen molar-refractivity contribution >= 4 is 34.6 Å². The number of hydrogen-bond donors (Lipinski definition) is 4. The van der Waals surface area contributed by atoms with Crippen LogP contribution in [0.25, 0.3) is 10.9 Å². The van der Waals surface area contributed by atoms with Crippen LogP contribution in [0, 0.1) is 6.92 Å². The van der Waals surface area contributed by atoms with Crippen LogP contribution in [-0.2, 0) is 0 Å². The fourth-order valence-corrected chi connectivity index (χ4v) is 2.04. The third kappa shape index (κ3) is 4.23. The van der Waals surface area contributed by atoms with Gasteiger partial charge in [0.25, 0.3) is 0 Å². The van der Waals surface area contributed by atoms with E-state index in [1.165, 1.54) is 0 Å². The lowest BCUT2D eigenvalue weighted by molar-refractivity contribution is 1.01. The Kier molecular flexibility index (Phi) is 5.19. The molecule has 2 aromatic rings. The van der Waals surface area contributed by atoms with Crippen LogP contribution in [0.5, 0.6) is 0 Å². The number of H-pyrrole nitrogens is 1. The number of aromatic amines is 1. The molecule has 6 heteroatoms. The van der Waals surface area contributed by atoms with E-state index in [2.05, 4.69) is 20.5 Å². The monoisotopic (exact) mass is 310 g/mol. The van der Waals surface area contributed by atoms with Gasteiger partial charge in [0.15, 0.2) is 5.82 Å². The molecule has 1 heterocycles. The van der Waals surface area contributed by atoms with Gasteiger partial charge in [0, 0.05) is 10.9 Å². The number of nitrogen functional groups attached to an aromatic ring is 1. The highest BCUT2D eigenvalue weighted by Crippen LogP contribution is 2.31. The molecule has 1 aromatic carbocycles. The Morgan fingerprint density at radius 1 is 1.35 bits per heavy atom. The van der Waals surface area contributed by atoms with Crippen molar-refractivity contribution in [3.05, 3.63) is 47.6 Å². The summed E-state index contributed by atoms with van der Waals surface area (Å²) in [4.78, 5) is 7.38. The summed E-state index contributed by atoms with van der Waals surface area (Å²) in [6.07, 6.45) is 7.49. The van der Waals surface area contributed by atoms with E-state index in [0.29, 0.717) is 11.5 Å². The summed E-state index contributed by atoms with van der Waals surface area (Å²) >= 11 is 0. The van der Waals surface area contributed by atoms with Crippen molar-refractivity contribution < 1.29 is 0 Å². The molecule has 0 aliphatic carbocycles. The van der Waals surface area contributed by atoms with Gasteiger partial charge in [-0.15, -0.1) is 0 Å². The van der Waals surface area contributed by atoms with E-state index < -0.39 is 0 Å². The third-order valence-corrected chi connectivity index (χ3v) is 3.20. The number of aryl methyl sites for hydroxylation is 1. The summed E-state index contributed by atoms with van der Waals surface area (Å²) in [6.45, 7) is 5.91. The van der Waals surface area contributed by atoms with E-state index in [9.17, 15) is 0 Å². The van der Waals surface area contributed by atoms with E-state index in [1.807, 2.05) is 57.2 Å². The Morgan fingerprint density at radius 3 is 2.87 bits per heavy atom. The highest BCUT2D eigenvalue weighted by atomic mass is 15.4. The lowest BCUT2D eigenvalue weighted by atomic mass is 10.1. The van der Waals surface area contributed by atoms with Crippen LogP contribution in [0.3, 0.4) is 0 Å². The van der Waals surface area contributed by atoms with E-state index in [-0.39, 0.29) is 5.96 Å². The van der Waals surface area contributed by atoms with Gasteiger partial charge in [0.2, 0.25) is 5.96 Å². The standard InChI is InChI=1S/C17H22N6/c1-4-5-6-12(3)10-20-23-17(19)22-16-15(18)13-9-11(2)7-8-14(13)21-16/h4-10,21H,18H2,1-3H3,(H3,19,22,23)/b5-4-,12-6+,20-10+. The van der Waals surface area contributed by atoms with Crippen molar-refractivity contribution in [3.8, 4) is 0 Å². The molecule has 0 fully saturated rings. The van der Waals surface area contributed by atoms with Crippen LogP contribution >= 0.6 is 0 Å². The van der Waals surface area contributed by atoms with Crippen molar-refractivity contribution in [2.24, 2.45) is 15.8 Å². The Labute approximate surface area is 135 Å². The van der Waals surface area contributed by atoms with Gasteiger partial charge in [-0.2, -0.15) is 10.1 Å². The Balaban J connectivity index is 2.15. The van der Waals surface area contributed by atoms with Crippen LogP contribution in [0.1, 0.15) is 19.4 Å². The minimum Gasteiger partial charge on any atom is -0.395 e. The number of hydrazone groups is 1. The van der Waals surface area contributed by atoms with Gasteiger partial charge in [-0.3, -0.25) is 0 Å². The molecule has 0 spiro atoms. The summed E-state index contributed by atoms with van der Waals surface area (Å²) < 4.78 is 0. The largest absolute Gasteiger partial charge is 0.395 e. The van der Waals surface area contributed by atoms with Crippen molar-refractivity contribution in [1.29, 1.82) is 0 Å². The van der Waals surface area contributed by atoms with Crippen LogP contribution in [0.15, 0.2) is 52.1 Å². The minimum absolute atomic E-state index is 0.162. The summed E-state index contributed by atoms with van der Waals surface area (Å²) in [5.41, 5.74) is 18.2. The summed E-state index contributed by atoms with van der Waals surface area (Å²) in [7, 11) is 0. The number of rotatable bonds is 4. The molecule has 0 unspecified atom stereocenters. The highest BCUT2D eigenvalue weighted by molar-refractivity contribution is 5.99. The number of hydrogen-bond acceptors (Lipinski definition) is 3. The maximum Gasteiger partial charge on any atom is 0.216 e. The number of anilines is 1. The summed E-state index contributed by atoms with van der Waals surface area (Å²) in [5, 5.41) is 4.97. The molecule has 0 aliphatic heterocycles. The topological polar surface area (TPSA) is 105 Å². The normalized spacial score (nSPS) is 13.5. The van der Waals surface area contributed by atoms with Crippen molar-refractivity contribution in [2.75, 3.05) is 5.73 Å². The predicted molar refractivity (Wildman–Crippen MR) is 98.9 cm³/mol. The van der Waals surface area contributed by atoms with Gasteiger partial charge in [-0.05, 0) is 38.5 Å². The number of guanidine groups is 1. The molecule has 120 valence electrons. The van der Waals surface area contributed by atoms with Gasteiger partial charge < -0.3 is 16.5 Å². The fraction of sp³-hybridized carbons (Fsp3) is 0.176. The summed E-state index contributed by atoms with van der Waals surface area (Å²) in [5.74, 6) is 0.682. The van der Waals surface area contributed by atoms with Gasteiger partial charge >= 0.3 is 0 Å². The molecule has 0 amide bonds. The smallest absolute Gasteiger partial charge is 0.216 e. The first kappa shape index (κ1) is 16.4. The Morgan fingerprint density at radius 2 is 2.13 bits per heavy atom. The lowest BCUT2D eigenvalue weighted by Gasteiger charge is -1.99. The zero-order valence-corrected chi connectivity index (χ0v) is 13.6. The fourth-order valence-electron chi connectivity index (χ4n) is 2.04. The third-order valence-electron chi connectivity index (χ3n) is 3.20. The molecule has 0 bridgehead atoms.